The highest BCUT2D eigenvalue weighted by atomic mass is 16.4. The van der Waals surface area contributed by atoms with Gasteiger partial charge in [0.25, 0.3) is 5.91 Å². The summed E-state index contributed by atoms with van der Waals surface area (Å²) in [6.45, 7) is 6.88. The first-order valence-electron chi connectivity index (χ1n) is 7.19. The number of pyridine rings is 1. The van der Waals surface area contributed by atoms with E-state index in [9.17, 15) is 9.59 Å². The molecule has 114 valence electrons. The van der Waals surface area contributed by atoms with Crippen molar-refractivity contribution >= 4 is 11.9 Å². The summed E-state index contributed by atoms with van der Waals surface area (Å²) in [7, 11) is 0. The molecular formula is C15H21N3O3. The van der Waals surface area contributed by atoms with Crippen LogP contribution < -0.4 is 5.32 Å². The first-order chi connectivity index (χ1) is 9.99. The summed E-state index contributed by atoms with van der Waals surface area (Å²) in [5.41, 5.74) is -0.0889. The summed E-state index contributed by atoms with van der Waals surface area (Å²) >= 11 is 0. The first-order valence-corrected chi connectivity index (χ1v) is 7.19. The summed E-state index contributed by atoms with van der Waals surface area (Å²) in [4.78, 5) is 29.4. The molecule has 1 aliphatic rings. The Balaban J connectivity index is 1.93. The fraction of sp³-hybridized carbons (Fsp3) is 0.533. The quantitative estimate of drug-likeness (QED) is 0.853. The molecule has 1 unspecified atom stereocenters. The van der Waals surface area contributed by atoms with E-state index in [1.807, 2.05) is 0 Å². The lowest BCUT2D eigenvalue weighted by molar-refractivity contribution is 0.0690. The third-order valence-corrected chi connectivity index (χ3v) is 3.85. The predicted octanol–water partition coefficient (Wildman–Crippen LogP) is 1.24. The van der Waals surface area contributed by atoms with Crippen LogP contribution in [0.4, 0.5) is 0 Å². The number of aromatic carboxylic acids is 1. The normalized spacial score (nSPS) is 18.9. The standard InChI is InChI=1S/C15H21N3O3/c1-10(2)18-7-5-11(9-18)8-17-14(19)13-12(15(20)21)4-3-6-16-13/h3-4,6,10-11H,5,7-9H2,1-2H3,(H,17,19)(H,20,21). The van der Waals surface area contributed by atoms with Crippen molar-refractivity contribution in [1.82, 2.24) is 15.2 Å². The number of carbonyl (C=O) groups is 2. The fourth-order valence-electron chi connectivity index (χ4n) is 2.58. The molecule has 1 fully saturated rings. The van der Waals surface area contributed by atoms with E-state index in [4.69, 9.17) is 5.11 Å². The van der Waals surface area contributed by atoms with Gasteiger partial charge < -0.3 is 15.3 Å². The highest BCUT2D eigenvalue weighted by molar-refractivity contribution is 6.03. The summed E-state index contributed by atoms with van der Waals surface area (Å²) < 4.78 is 0. The van der Waals surface area contributed by atoms with Gasteiger partial charge in [0.15, 0.2) is 0 Å². The van der Waals surface area contributed by atoms with Gasteiger partial charge in [-0.2, -0.15) is 0 Å². The molecule has 0 aromatic carbocycles. The van der Waals surface area contributed by atoms with E-state index in [0.717, 1.165) is 19.5 Å². The van der Waals surface area contributed by atoms with Gasteiger partial charge in [0.05, 0.1) is 5.56 Å². The second kappa shape index (κ2) is 6.67. The van der Waals surface area contributed by atoms with Crippen LogP contribution >= 0.6 is 0 Å². The number of carboxylic acids is 1. The molecular weight excluding hydrogens is 270 g/mol. The Morgan fingerprint density at radius 3 is 2.90 bits per heavy atom. The molecule has 2 heterocycles. The van der Waals surface area contributed by atoms with Crippen LogP contribution in [0.5, 0.6) is 0 Å². The Kier molecular flexibility index (Phi) is 4.90. The van der Waals surface area contributed by atoms with Crippen LogP contribution in [0.2, 0.25) is 0 Å². The number of carbonyl (C=O) groups excluding carboxylic acids is 1. The number of rotatable bonds is 5. The van der Waals surface area contributed by atoms with Crippen molar-refractivity contribution < 1.29 is 14.7 Å². The fourth-order valence-corrected chi connectivity index (χ4v) is 2.58. The molecule has 0 spiro atoms. The van der Waals surface area contributed by atoms with E-state index < -0.39 is 11.9 Å². The Morgan fingerprint density at radius 2 is 2.29 bits per heavy atom. The lowest BCUT2D eigenvalue weighted by Crippen LogP contribution is -2.33. The van der Waals surface area contributed by atoms with Crippen molar-refractivity contribution in [1.29, 1.82) is 0 Å². The number of amides is 1. The predicted molar refractivity (Wildman–Crippen MR) is 78.3 cm³/mol. The van der Waals surface area contributed by atoms with Gasteiger partial charge in [0, 0.05) is 25.3 Å². The molecule has 6 heteroatoms. The molecule has 1 aliphatic heterocycles. The van der Waals surface area contributed by atoms with Crippen molar-refractivity contribution in [2.45, 2.75) is 26.3 Å². The molecule has 2 rings (SSSR count). The van der Waals surface area contributed by atoms with Crippen molar-refractivity contribution in [2.75, 3.05) is 19.6 Å². The van der Waals surface area contributed by atoms with E-state index in [-0.39, 0.29) is 11.3 Å². The summed E-state index contributed by atoms with van der Waals surface area (Å²) in [5.74, 6) is -1.15. The van der Waals surface area contributed by atoms with E-state index in [2.05, 4.69) is 29.0 Å². The van der Waals surface area contributed by atoms with Crippen molar-refractivity contribution in [3.63, 3.8) is 0 Å². The number of carboxylic acid groups (broad SMARTS) is 1. The minimum Gasteiger partial charge on any atom is -0.478 e. The molecule has 0 saturated carbocycles. The Bertz CT molecular complexity index is 531. The maximum absolute atomic E-state index is 12.1. The molecule has 0 aliphatic carbocycles. The number of nitrogens with zero attached hydrogens (tertiary/aromatic N) is 2. The molecule has 1 atom stereocenters. The number of aromatic nitrogens is 1. The highest BCUT2D eigenvalue weighted by Gasteiger charge is 2.25. The maximum Gasteiger partial charge on any atom is 0.338 e. The molecule has 0 radical (unpaired) electrons. The SMILES string of the molecule is CC(C)N1CCC(CNC(=O)c2ncccc2C(=O)O)C1. The van der Waals surface area contributed by atoms with Gasteiger partial charge in [-0.1, -0.05) is 0 Å². The third-order valence-electron chi connectivity index (χ3n) is 3.85. The lowest BCUT2D eigenvalue weighted by atomic mass is 10.1. The summed E-state index contributed by atoms with van der Waals surface area (Å²) in [6.07, 6.45) is 2.48. The van der Waals surface area contributed by atoms with Gasteiger partial charge >= 0.3 is 5.97 Å². The van der Waals surface area contributed by atoms with Gasteiger partial charge in [0.1, 0.15) is 5.69 Å². The second-order valence-corrected chi connectivity index (χ2v) is 5.66. The van der Waals surface area contributed by atoms with Gasteiger partial charge in [-0.05, 0) is 44.9 Å². The van der Waals surface area contributed by atoms with Crippen LogP contribution in [0.1, 0.15) is 41.1 Å². The van der Waals surface area contributed by atoms with Crippen molar-refractivity contribution in [3.8, 4) is 0 Å². The van der Waals surface area contributed by atoms with Gasteiger partial charge in [-0.3, -0.25) is 9.78 Å². The maximum atomic E-state index is 12.1. The van der Waals surface area contributed by atoms with Crippen molar-refractivity contribution in [3.05, 3.63) is 29.6 Å². The van der Waals surface area contributed by atoms with E-state index in [1.54, 1.807) is 0 Å². The summed E-state index contributed by atoms with van der Waals surface area (Å²) in [5, 5.41) is 11.9. The largest absolute Gasteiger partial charge is 0.478 e. The zero-order valence-electron chi connectivity index (χ0n) is 12.4. The second-order valence-electron chi connectivity index (χ2n) is 5.66. The monoisotopic (exact) mass is 291 g/mol. The average molecular weight is 291 g/mol. The average Bonchev–Trinajstić information content (AvgIpc) is 2.94. The first kappa shape index (κ1) is 15.4. The van der Waals surface area contributed by atoms with E-state index in [1.165, 1.54) is 18.3 Å². The molecule has 0 bridgehead atoms. The molecule has 1 saturated heterocycles. The Morgan fingerprint density at radius 1 is 1.52 bits per heavy atom. The van der Waals surface area contributed by atoms with E-state index >= 15 is 0 Å². The lowest BCUT2D eigenvalue weighted by Gasteiger charge is -2.20. The van der Waals surface area contributed by atoms with Gasteiger partial charge in [-0.25, -0.2) is 4.79 Å². The van der Waals surface area contributed by atoms with Crippen molar-refractivity contribution in [2.24, 2.45) is 5.92 Å². The summed E-state index contributed by atoms with van der Waals surface area (Å²) in [6, 6.07) is 3.41. The Labute approximate surface area is 124 Å². The minimum absolute atomic E-state index is 0.0243. The molecule has 2 N–H and O–H groups in total. The van der Waals surface area contributed by atoms with Crippen LogP contribution in [0.3, 0.4) is 0 Å². The van der Waals surface area contributed by atoms with Gasteiger partial charge in [-0.15, -0.1) is 0 Å². The number of nitrogens with one attached hydrogen (secondary N) is 1. The molecule has 6 nitrogen and oxygen atoms in total. The van der Waals surface area contributed by atoms with Gasteiger partial charge in [0.2, 0.25) is 0 Å². The Hall–Kier alpha value is -1.95. The highest BCUT2D eigenvalue weighted by Crippen LogP contribution is 2.17. The minimum atomic E-state index is -1.14. The zero-order chi connectivity index (χ0) is 15.4. The van der Waals surface area contributed by atoms with Crippen LogP contribution in [0.25, 0.3) is 0 Å². The van der Waals surface area contributed by atoms with Crippen LogP contribution in [-0.4, -0.2) is 52.5 Å². The van der Waals surface area contributed by atoms with Crippen LogP contribution in [0, 0.1) is 5.92 Å². The number of hydrogen-bond acceptors (Lipinski definition) is 4. The molecule has 1 amide bonds. The topological polar surface area (TPSA) is 82.5 Å². The van der Waals surface area contributed by atoms with E-state index in [0.29, 0.717) is 18.5 Å². The molecule has 1 aromatic heterocycles. The van der Waals surface area contributed by atoms with Crippen LogP contribution in [0.15, 0.2) is 18.3 Å². The molecule has 21 heavy (non-hydrogen) atoms. The third kappa shape index (κ3) is 3.78. The smallest absolute Gasteiger partial charge is 0.338 e. The molecule has 1 aromatic rings. The zero-order valence-corrected chi connectivity index (χ0v) is 12.4. The number of likely N-dealkylation sites (tertiary alicyclic amines) is 1. The number of hydrogen-bond donors (Lipinski definition) is 2. The van der Waals surface area contributed by atoms with Crippen LogP contribution in [-0.2, 0) is 0 Å².